The van der Waals surface area contributed by atoms with Crippen LogP contribution in [0.4, 0.5) is 0 Å². The fourth-order valence-electron chi connectivity index (χ4n) is 0. The fourth-order valence-corrected chi connectivity index (χ4v) is 0. The fraction of sp³-hybridized carbons (Fsp3) is 0. The lowest BCUT2D eigenvalue weighted by atomic mass is 27.7. The smallest absolute Gasteiger partial charge is 0.130 e. The van der Waals surface area contributed by atoms with E-state index in [9.17, 15) is 0 Å². The van der Waals surface area contributed by atoms with Gasteiger partial charge in [-0.15, -0.1) is 33.2 Å². The lowest BCUT2D eigenvalue weighted by Crippen LogP contribution is -1.66. The van der Waals surface area contributed by atoms with E-state index in [1.807, 2.05) is 0 Å². The van der Waals surface area contributed by atoms with Crippen LogP contribution in [0.2, 0.25) is 0 Å². The van der Waals surface area contributed by atoms with Gasteiger partial charge in [0, 0.05) is 0 Å². The number of halogens is 3. The first-order valence-electron chi connectivity index (χ1n) is 0.655. The van der Waals surface area contributed by atoms with E-state index in [-0.39, 0.29) is 1.43 Å². The van der Waals surface area contributed by atoms with Crippen LogP contribution in [0.5, 0.6) is 0 Å². The zero-order chi connectivity index (χ0) is 3.58. The van der Waals surface area contributed by atoms with Crippen LogP contribution in [0.25, 0.3) is 0 Å². The zero-order valence-electron chi connectivity index (χ0n) is 2.71. The van der Waals surface area contributed by atoms with Gasteiger partial charge in [-0.2, -0.15) is 0 Å². The van der Waals surface area contributed by atoms with Crippen LogP contribution >= 0.6 is 33.2 Å². The molecule has 0 nitrogen and oxygen atoms in total. The van der Waals surface area contributed by atoms with Crippen LogP contribution in [0.3, 0.4) is 0 Å². The highest BCUT2D eigenvalue weighted by atomic mass is 35.8. The third kappa shape index (κ3) is 11.4. The number of hydrogen-bond donors (Lipinski definition) is 0. The van der Waals surface area contributed by atoms with E-state index in [4.69, 9.17) is 33.2 Å². The summed E-state index contributed by atoms with van der Waals surface area (Å²) in [6, 6.07) is 0. The van der Waals surface area contributed by atoms with Crippen molar-refractivity contribution in [1.82, 2.24) is 0 Å². The largest absolute Gasteiger partial charge is 1.00 e. The molecule has 0 amide bonds. The van der Waals surface area contributed by atoms with E-state index in [0.29, 0.717) is 0 Å². The van der Waals surface area contributed by atoms with Crippen LogP contribution in [-0.2, 0) is 0 Å². The van der Waals surface area contributed by atoms with E-state index in [1.165, 1.54) is 0 Å². The van der Waals surface area contributed by atoms with Gasteiger partial charge < -0.3 is 0 Å². The van der Waals surface area contributed by atoms with Crippen molar-refractivity contribution in [3.05, 3.63) is 0 Å². The Labute approximate surface area is 41.9 Å². The Kier molecular flexibility index (Phi) is 2.97. The second-order valence-corrected chi connectivity index (χ2v) is 6.68. The van der Waals surface area contributed by atoms with Crippen LogP contribution in [0.15, 0.2) is 0 Å². The zero-order valence-corrected chi connectivity index (χ0v) is 5.13. The lowest BCUT2D eigenvalue weighted by Gasteiger charge is -1.65. The molecule has 4 heteroatoms. The van der Waals surface area contributed by atoms with Gasteiger partial charge in [0.2, 0.25) is 0 Å². The third-order valence-corrected chi connectivity index (χ3v) is 0. The number of hydrogen-bond acceptors (Lipinski definition) is 0. The first-order valence-corrected chi connectivity index (χ1v) is 5.89. The minimum Gasteiger partial charge on any atom is -0.130 e. The van der Waals surface area contributed by atoms with Crippen molar-refractivity contribution in [2.75, 3.05) is 0 Å². The summed E-state index contributed by atoms with van der Waals surface area (Å²) in [5, 5.41) is 0. The lowest BCUT2D eigenvalue weighted by molar-refractivity contribution is 4.07. The molecule has 0 spiro atoms. The Morgan fingerprint density at radius 2 is 1.25 bits per heavy atom. The molecule has 0 aromatic heterocycles. The highest BCUT2D eigenvalue weighted by molar-refractivity contribution is 7.54. The van der Waals surface area contributed by atoms with Crippen LogP contribution in [0.1, 0.15) is 1.43 Å². The third-order valence-electron chi connectivity index (χ3n) is 0. The molecule has 0 saturated heterocycles. The molecule has 0 heterocycles. The molecule has 26 valence electrons. The van der Waals surface area contributed by atoms with E-state index < -0.39 is 6.73 Å². The van der Waals surface area contributed by atoms with Gasteiger partial charge in [-0.3, -0.25) is 0 Å². The maximum absolute atomic E-state index is 4.94. The second kappa shape index (κ2) is 2.33. The molecular weight excluding hydrogens is 134 g/mol. The van der Waals surface area contributed by atoms with Crippen molar-refractivity contribution in [3.63, 3.8) is 0 Å². The van der Waals surface area contributed by atoms with E-state index >= 15 is 0 Å². The van der Waals surface area contributed by atoms with Gasteiger partial charge in [0.1, 0.15) is 0 Å². The summed E-state index contributed by atoms with van der Waals surface area (Å²) in [4.78, 5) is 0. The number of rotatable bonds is 0. The van der Waals surface area contributed by atoms with Crippen molar-refractivity contribution < 1.29 is 1.43 Å². The van der Waals surface area contributed by atoms with Gasteiger partial charge in [0.15, 0.2) is 0 Å². The molecule has 0 saturated carbocycles. The van der Waals surface area contributed by atoms with Gasteiger partial charge in [0.25, 0.3) is 0 Å². The monoisotopic (exact) mass is 135 g/mol. The van der Waals surface area contributed by atoms with Crippen molar-refractivity contribution in [2.45, 2.75) is 0 Å². The minimum absolute atomic E-state index is 0. The normalized spacial score (nSPS) is 9.00. The van der Waals surface area contributed by atoms with Gasteiger partial charge in [-0.05, 0) is 0 Å². The van der Waals surface area contributed by atoms with E-state index in [2.05, 4.69) is 0 Å². The summed E-state index contributed by atoms with van der Waals surface area (Å²) in [5.74, 6) is 0. The first-order chi connectivity index (χ1) is 1.73. The highest BCUT2D eigenvalue weighted by Crippen LogP contribution is 1.97. The van der Waals surface area contributed by atoms with Crippen molar-refractivity contribution >= 4 is 40.0 Å². The Morgan fingerprint density at radius 3 is 1.25 bits per heavy atom. The average Bonchev–Trinajstić information content (AvgIpc) is 0.811. The first kappa shape index (κ1) is 5.09. The Morgan fingerprint density at radius 1 is 1.25 bits per heavy atom. The standard InChI is InChI=1S/Cl3HSi/c1-4(2)3/h4H/p+1. The van der Waals surface area contributed by atoms with Crippen LogP contribution in [0, 0.1) is 0 Å². The van der Waals surface area contributed by atoms with Gasteiger partial charge >= 0.3 is 8.15 Å². The molecule has 0 fully saturated rings. The van der Waals surface area contributed by atoms with Crippen molar-refractivity contribution in [1.29, 1.82) is 0 Å². The van der Waals surface area contributed by atoms with Gasteiger partial charge in [-0.1, -0.05) is 0 Å². The maximum atomic E-state index is 4.94. The highest BCUT2D eigenvalue weighted by Gasteiger charge is 1.85. The molecule has 0 aromatic carbocycles. The van der Waals surface area contributed by atoms with Crippen molar-refractivity contribution in [2.24, 2.45) is 0 Å². The molecule has 0 aliphatic carbocycles. The maximum Gasteiger partial charge on any atom is 1.00 e. The SMILES string of the molecule is Cl[SiH](Cl)Cl.[H+]. The Balaban J connectivity index is 0. The molecule has 0 bridgehead atoms. The van der Waals surface area contributed by atoms with Gasteiger partial charge in [0.05, 0.1) is 0 Å². The van der Waals surface area contributed by atoms with Crippen molar-refractivity contribution in [3.8, 4) is 0 Å². The molecular formula is H2Cl3Si+. The quantitative estimate of drug-likeness (QED) is 0.350. The summed E-state index contributed by atoms with van der Waals surface area (Å²) in [6.07, 6.45) is 0. The molecule has 0 rings (SSSR count). The predicted octanol–water partition coefficient (Wildman–Crippen LogP) is 1.53. The molecule has 0 aliphatic heterocycles. The molecule has 0 aliphatic rings. The summed E-state index contributed by atoms with van der Waals surface area (Å²) >= 11 is 14.8. The van der Waals surface area contributed by atoms with Gasteiger partial charge in [-0.25, -0.2) is 0 Å². The summed E-state index contributed by atoms with van der Waals surface area (Å²) < 4.78 is 0. The molecule has 4 heavy (non-hydrogen) atoms. The summed E-state index contributed by atoms with van der Waals surface area (Å²) in [5.41, 5.74) is 0. The van der Waals surface area contributed by atoms with E-state index in [1.54, 1.807) is 0 Å². The molecule has 0 N–H and O–H groups in total. The topological polar surface area (TPSA) is 0 Å². The molecule has 0 unspecified atom stereocenters. The minimum atomic E-state index is -1.72. The van der Waals surface area contributed by atoms with E-state index in [0.717, 1.165) is 0 Å². The van der Waals surface area contributed by atoms with Crippen LogP contribution in [-0.4, -0.2) is 6.73 Å². The molecule has 0 aromatic rings. The summed E-state index contributed by atoms with van der Waals surface area (Å²) in [6.45, 7) is -1.72. The predicted molar refractivity (Wildman–Crippen MR) is 25.8 cm³/mol. The average molecular weight is 136 g/mol. The Bertz CT molecular complexity index is 11.6. The Hall–Kier alpha value is 1.09. The molecule has 0 radical (unpaired) electrons. The molecule has 0 atom stereocenters. The second-order valence-electron chi connectivity index (χ2n) is 0.247. The summed E-state index contributed by atoms with van der Waals surface area (Å²) in [7, 11) is 0. The van der Waals surface area contributed by atoms with Crippen LogP contribution < -0.4 is 0 Å².